The zero-order valence-electron chi connectivity index (χ0n) is 8.96. The summed E-state index contributed by atoms with van der Waals surface area (Å²) in [6, 6.07) is 1.35. The second kappa shape index (κ2) is 4.69. The molecule has 0 radical (unpaired) electrons. The van der Waals surface area contributed by atoms with Gasteiger partial charge < -0.3 is 10.0 Å². The van der Waals surface area contributed by atoms with E-state index in [2.05, 4.69) is 9.97 Å². The van der Waals surface area contributed by atoms with E-state index in [0.29, 0.717) is 11.6 Å². The van der Waals surface area contributed by atoms with Crippen molar-refractivity contribution in [1.82, 2.24) is 9.97 Å². The van der Waals surface area contributed by atoms with E-state index >= 15 is 0 Å². The molecule has 1 aliphatic heterocycles. The van der Waals surface area contributed by atoms with Gasteiger partial charge in [-0.2, -0.15) is 11.8 Å². The Morgan fingerprint density at radius 3 is 3.12 bits per heavy atom. The number of nitrogens with zero attached hydrogens (tertiary/aromatic N) is 3. The maximum Gasteiger partial charge on any atom is 0.327 e. The van der Waals surface area contributed by atoms with E-state index < -0.39 is 12.0 Å². The molecule has 1 unspecified atom stereocenters. The minimum atomic E-state index is -0.788. The Labute approximate surface area is 97.9 Å². The van der Waals surface area contributed by atoms with Crippen LogP contribution in [0.1, 0.15) is 5.69 Å². The molecular weight excluding hydrogens is 226 g/mol. The summed E-state index contributed by atoms with van der Waals surface area (Å²) in [5.74, 6) is 1.47. The molecule has 1 fully saturated rings. The maximum atomic E-state index is 11.1. The van der Waals surface area contributed by atoms with E-state index in [0.717, 1.165) is 18.0 Å². The first-order valence-electron chi connectivity index (χ1n) is 5.04. The van der Waals surface area contributed by atoms with E-state index in [1.165, 1.54) is 6.33 Å². The van der Waals surface area contributed by atoms with Crippen molar-refractivity contribution in [3.05, 3.63) is 18.1 Å². The van der Waals surface area contributed by atoms with Crippen LogP contribution in [0, 0.1) is 6.92 Å². The number of aryl methyl sites for hydroxylation is 1. The largest absolute Gasteiger partial charge is 0.480 e. The molecule has 86 valence electrons. The van der Waals surface area contributed by atoms with Gasteiger partial charge in [-0.3, -0.25) is 0 Å². The van der Waals surface area contributed by atoms with Crippen molar-refractivity contribution >= 4 is 23.5 Å². The van der Waals surface area contributed by atoms with E-state index in [1.807, 2.05) is 17.9 Å². The molecule has 1 aromatic heterocycles. The van der Waals surface area contributed by atoms with Crippen molar-refractivity contribution in [3.8, 4) is 0 Å². The van der Waals surface area contributed by atoms with Gasteiger partial charge in [0, 0.05) is 29.8 Å². The van der Waals surface area contributed by atoms with Crippen LogP contribution in [0.2, 0.25) is 0 Å². The Morgan fingerprint density at radius 2 is 2.44 bits per heavy atom. The summed E-state index contributed by atoms with van der Waals surface area (Å²) < 4.78 is 0. The van der Waals surface area contributed by atoms with Gasteiger partial charge in [0.2, 0.25) is 0 Å². The molecule has 6 heteroatoms. The molecular formula is C10H13N3O2S. The molecule has 0 spiro atoms. The van der Waals surface area contributed by atoms with Crippen LogP contribution in [0.25, 0.3) is 0 Å². The lowest BCUT2D eigenvalue weighted by Gasteiger charge is -2.33. The molecule has 1 N–H and O–H groups in total. The first-order valence-corrected chi connectivity index (χ1v) is 6.20. The average molecular weight is 239 g/mol. The highest BCUT2D eigenvalue weighted by Crippen LogP contribution is 2.22. The molecule has 0 aliphatic carbocycles. The molecule has 2 rings (SSSR count). The molecule has 2 heterocycles. The van der Waals surface area contributed by atoms with E-state index in [-0.39, 0.29) is 0 Å². The van der Waals surface area contributed by atoms with Crippen molar-refractivity contribution in [3.63, 3.8) is 0 Å². The highest BCUT2D eigenvalue weighted by Gasteiger charge is 2.29. The highest BCUT2D eigenvalue weighted by molar-refractivity contribution is 7.99. The molecule has 0 bridgehead atoms. The van der Waals surface area contributed by atoms with Crippen molar-refractivity contribution in [2.75, 3.05) is 23.0 Å². The second-order valence-electron chi connectivity index (χ2n) is 3.64. The number of hydrogen-bond acceptors (Lipinski definition) is 5. The fourth-order valence-corrected chi connectivity index (χ4v) is 2.72. The van der Waals surface area contributed by atoms with Crippen LogP contribution in [0.15, 0.2) is 12.4 Å². The van der Waals surface area contributed by atoms with Crippen LogP contribution in [0.3, 0.4) is 0 Å². The predicted octanol–water partition coefficient (Wildman–Crippen LogP) is 0.791. The van der Waals surface area contributed by atoms with Crippen LogP contribution in [0.4, 0.5) is 5.82 Å². The Hall–Kier alpha value is -1.30. The van der Waals surface area contributed by atoms with Crippen LogP contribution in [-0.2, 0) is 4.79 Å². The van der Waals surface area contributed by atoms with Crippen LogP contribution < -0.4 is 4.90 Å². The van der Waals surface area contributed by atoms with Gasteiger partial charge in [0.25, 0.3) is 0 Å². The molecule has 0 amide bonds. The fraction of sp³-hybridized carbons (Fsp3) is 0.500. The number of carbonyl (C=O) groups is 1. The molecule has 0 aromatic carbocycles. The highest BCUT2D eigenvalue weighted by atomic mass is 32.2. The summed E-state index contributed by atoms with van der Waals surface area (Å²) in [5, 5.41) is 9.14. The lowest BCUT2D eigenvalue weighted by atomic mass is 10.2. The molecule has 1 saturated heterocycles. The molecule has 1 aliphatic rings. The number of aliphatic carboxylic acids is 1. The van der Waals surface area contributed by atoms with Gasteiger partial charge in [-0.05, 0) is 6.92 Å². The Bertz CT molecular complexity index is 399. The van der Waals surface area contributed by atoms with Gasteiger partial charge in [0.05, 0.1) is 0 Å². The molecule has 1 aromatic rings. The fourth-order valence-electron chi connectivity index (χ4n) is 1.68. The maximum absolute atomic E-state index is 11.1. The number of thioether (sulfide) groups is 1. The average Bonchev–Trinajstić information content (AvgIpc) is 2.29. The SMILES string of the molecule is Cc1cc(N2CCSCC2C(=O)O)ncn1. The minimum absolute atomic E-state index is 0.479. The van der Waals surface area contributed by atoms with Crippen LogP contribution in [0.5, 0.6) is 0 Å². The van der Waals surface area contributed by atoms with Crippen molar-refractivity contribution < 1.29 is 9.90 Å². The number of carboxylic acids is 1. The lowest BCUT2D eigenvalue weighted by Crippen LogP contribution is -2.47. The molecule has 16 heavy (non-hydrogen) atoms. The summed E-state index contributed by atoms with van der Waals surface area (Å²) in [5.41, 5.74) is 0.854. The van der Waals surface area contributed by atoms with E-state index in [9.17, 15) is 4.79 Å². The smallest absolute Gasteiger partial charge is 0.327 e. The topological polar surface area (TPSA) is 66.3 Å². The molecule has 1 atom stereocenters. The van der Waals surface area contributed by atoms with Gasteiger partial charge in [-0.1, -0.05) is 0 Å². The van der Waals surface area contributed by atoms with Gasteiger partial charge >= 0.3 is 5.97 Å². The van der Waals surface area contributed by atoms with Crippen LogP contribution in [-0.4, -0.2) is 45.1 Å². The Balaban J connectivity index is 2.26. The zero-order chi connectivity index (χ0) is 11.5. The third kappa shape index (κ3) is 2.27. The van der Waals surface area contributed by atoms with Gasteiger partial charge in [-0.25, -0.2) is 14.8 Å². The standard InChI is InChI=1S/C10H13N3O2S/c1-7-4-9(12-6-11-7)13-2-3-16-5-8(13)10(14)15/h4,6,8H,2-3,5H2,1H3,(H,14,15). The summed E-state index contributed by atoms with van der Waals surface area (Å²) in [7, 11) is 0. The van der Waals surface area contributed by atoms with Crippen molar-refractivity contribution in [2.45, 2.75) is 13.0 Å². The summed E-state index contributed by atoms with van der Waals surface area (Å²) >= 11 is 1.67. The predicted molar refractivity (Wildman–Crippen MR) is 62.9 cm³/mol. The number of rotatable bonds is 2. The summed E-state index contributed by atoms with van der Waals surface area (Å²) in [6.07, 6.45) is 1.48. The normalized spacial score (nSPS) is 20.8. The quantitative estimate of drug-likeness (QED) is 0.823. The number of hydrogen-bond donors (Lipinski definition) is 1. The van der Waals surface area contributed by atoms with Gasteiger partial charge in [0.1, 0.15) is 18.2 Å². The first kappa shape index (κ1) is 11.2. The second-order valence-corrected chi connectivity index (χ2v) is 4.79. The third-order valence-electron chi connectivity index (χ3n) is 2.50. The summed E-state index contributed by atoms with van der Waals surface area (Å²) in [6.45, 7) is 2.59. The Kier molecular flexibility index (Phi) is 3.28. The zero-order valence-corrected chi connectivity index (χ0v) is 9.78. The third-order valence-corrected chi connectivity index (χ3v) is 3.52. The first-order chi connectivity index (χ1) is 7.68. The van der Waals surface area contributed by atoms with E-state index in [4.69, 9.17) is 5.11 Å². The van der Waals surface area contributed by atoms with Crippen LogP contribution >= 0.6 is 11.8 Å². The lowest BCUT2D eigenvalue weighted by molar-refractivity contribution is -0.138. The number of aromatic nitrogens is 2. The van der Waals surface area contributed by atoms with Gasteiger partial charge in [0.15, 0.2) is 0 Å². The number of anilines is 1. The van der Waals surface area contributed by atoms with Crippen molar-refractivity contribution in [2.24, 2.45) is 0 Å². The Morgan fingerprint density at radius 1 is 1.62 bits per heavy atom. The van der Waals surface area contributed by atoms with Crippen molar-refractivity contribution in [1.29, 1.82) is 0 Å². The minimum Gasteiger partial charge on any atom is -0.480 e. The molecule has 0 saturated carbocycles. The number of carboxylic acid groups (broad SMARTS) is 1. The summed E-state index contributed by atoms with van der Waals surface area (Å²) in [4.78, 5) is 21.1. The van der Waals surface area contributed by atoms with E-state index in [1.54, 1.807) is 11.8 Å². The monoisotopic (exact) mass is 239 g/mol. The van der Waals surface area contributed by atoms with Gasteiger partial charge in [-0.15, -0.1) is 0 Å². The molecule has 5 nitrogen and oxygen atoms in total.